The zero-order valence-electron chi connectivity index (χ0n) is 18.4. The molecule has 0 radical (unpaired) electrons. The average Bonchev–Trinajstić information content (AvgIpc) is 3.61. The van der Waals surface area contributed by atoms with Crippen LogP contribution in [0.1, 0.15) is 11.3 Å². The van der Waals surface area contributed by atoms with E-state index < -0.39 is 47.1 Å². The molecule has 0 fully saturated rings. The fraction of sp³-hybridized carbons (Fsp3) is 0.130. The first-order valence-electron chi connectivity index (χ1n) is 10.4. The summed E-state index contributed by atoms with van der Waals surface area (Å²) in [4.78, 5) is 18.1. The zero-order valence-corrected chi connectivity index (χ0v) is 19.2. The molecule has 13 heteroatoms. The van der Waals surface area contributed by atoms with Gasteiger partial charge in [-0.05, 0) is 24.4 Å². The molecule has 1 N–H and O–H groups in total. The standard InChI is InChI=1S/C23H15F5N6OS/c1-11-17-13(15-3-2-6-36-15)4-5-29-23(17)34(32-11)10-16(35)31-12-7-30-33(8-12)9-14-18(24)20(26)22(28)21(27)19(14)25/h2-8H,9-10H2,1H3,(H,31,35). The van der Waals surface area contributed by atoms with E-state index in [0.29, 0.717) is 11.3 Å². The Balaban J connectivity index is 1.34. The second kappa shape index (κ2) is 9.15. The van der Waals surface area contributed by atoms with Gasteiger partial charge in [-0.25, -0.2) is 31.6 Å². The highest BCUT2D eigenvalue weighted by Crippen LogP contribution is 2.32. The number of hydrogen-bond acceptors (Lipinski definition) is 5. The summed E-state index contributed by atoms with van der Waals surface area (Å²) < 4.78 is 70.4. The molecule has 0 aliphatic rings. The van der Waals surface area contributed by atoms with Gasteiger partial charge in [-0.15, -0.1) is 11.3 Å². The van der Waals surface area contributed by atoms with Crippen LogP contribution in [-0.2, 0) is 17.9 Å². The second-order valence-corrected chi connectivity index (χ2v) is 8.75. The molecule has 184 valence electrons. The number of amides is 1. The van der Waals surface area contributed by atoms with E-state index in [2.05, 4.69) is 20.5 Å². The molecule has 0 saturated heterocycles. The Morgan fingerprint density at radius 1 is 1.06 bits per heavy atom. The molecule has 0 atom stereocenters. The number of pyridine rings is 1. The van der Waals surface area contributed by atoms with Gasteiger partial charge in [-0.1, -0.05) is 6.07 Å². The number of nitrogens with one attached hydrogen (secondary N) is 1. The lowest BCUT2D eigenvalue weighted by atomic mass is 10.1. The van der Waals surface area contributed by atoms with Crippen molar-refractivity contribution in [3.8, 4) is 10.4 Å². The monoisotopic (exact) mass is 518 g/mol. The number of benzene rings is 1. The fourth-order valence-electron chi connectivity index (χ4n) is 3.83. The van der Waals surface area contributed by atoms with Crippen LogP contribution in [0.5, 0.6) is 0 Å². The number of halogens is 5. The minimum absolute atomic E-state index is 0.157. The lowest BCUT2D eigenvalue weighted by molar-refractivity contribution is -0.116. The van der Waals surface area contributed by atoms with Gasteiger partial charge in [0.25, 0.3) is 0 Å². The van der Waals surface area contributed by atoms with Crippen LogP contribution >= 0.6 is 11.3 Å². The molecule has 0 unspecified atom stereocenters. The van der Waals surface area contributed by atoms with E-state index in [1.807, 2.05) is 30.5 Å². The average molecular weight is 518 g/mol. The van der Waals surface area contributed by atoms with Crippen molar-refractivity contribution in [2.45, 2.75) is 20.0 Å². The van der Waals surface area contributed by atoms with Gasteiger partial charge in [0.2, 0.25) is 11.7 Å². The molecule has 0 saturated carbocycles. The number of carbonyl (C=O) groups excluding carboxylic acids is 1. The van der Waals surface area contributed by atoms with Crippen LogP contribution < -0.4 is 5.32 Å². The van der Waals surface area contributed by atoms with Crippen molar-refractivity contribution >= 4 is 34.0 Å². The molecule has 36 heavy (non-hydrogen) atoms. The van der Waals surface area contributed by atoms with Gasteiger partial charge in [0.15, 0.2) is 28.9 Å². The van der Waals surface area contributed by atoms with Crippen molar-refractivity contribution in [3.63, 3.8) is 0 Å². The van der Waals surface area contributed by atoms with Crippen LogP contribution in [-0.4, -0.2) is 30.5 Å². The molecule has 7 nitrogen and oxygen atoms in total. The highest BCUT2D eigenvalue weighted by atomic mass is 32.1. The summed E-state index contributed by atoms with van der Waals surface area (Å²) in [6.07, 6.45) is 4.02. The number of hydrogen-bond donors (Lipinski definition) is 1. The molecule has 5 rings (SSSR count). The summed E-state index contributed by atoms with van der Waals surface area (Å²) in [5, 5.41) is 13.6. The van der Waals surface area contributed by atoms with E-state index in [9.17, 15) is 26.7 Å². The third-order valence-electron chi connectivity index (χ3n) is 5.43. The third kappa shape index (κ3) is 4.11. The molecule has 0 aliphatic heterocycles. The van der Waals surface area contributed by atoms with Crippen molar-refractivity contribution < 1.29 is 26.7 Å². The summed E-state index contributed by atoms with van der Waals surface area (Å²) in [5.74, 6) is -10.7. The van der Waals surface area contributed by atoms with Gasteiger partial charge < -0.3 is 5.32 Å². The number of anilines is 1. The van der Waals surface area contributed by atoms with Crippen molar-refractivity contribution in [2.75, 3.05) is 5.32 Å². The van der Waals surface area contributed by atoms with E-state index in [1.54, 1.807) is 17.5 Å². The molecule has 5 aromatic rings. The number of nitrogens with zero attached hydrogens (tertiary/aromatic N) is 5. The molecule has 0 aliphatic carbocycles. The Kier molecular flexibility index (Phi) is 6.00. The summed E-state index contributed by atoms with van der Waals surface area (Å²) in [6.45, 7) is 0.896. The first-order valence-corrected chi connectivity index (χ1v) is 11.3. The van der Waals surface area contributed by atoms with Crippen molar-refractivity contribution in [1.29, 1.82) is 0 Å². The summed E-state index contributed by atoms with van der Waals surface area (Å²) in [6, 6.07) is 5.80. The predicted molar refractivity (Wildman–Crippen MR) is 122 cm³/mol. The van der Waals surface area contributed by atoms with Crippen molar-refractivity contribution in [2.24, 2.45) is 0 Å². The van der Waals surface area contributed by atoms with Crippen LogP contribution in [0.3, 0.4) is 0 Å². The van der Waals surface area contributed by atoms with Gasteiger partial charge in [0.05, 0.1) is 35.1 Å². The number of carbonyl (C=O) groups is 1. The van der Waals surface area contributed by atoms with E-state index in [-0.39, 0.29) is 12.2 Å². The van der Waals surface area contributed by atoms with E-state index in [4.69, 9.17) is 0 Å². The number of fused-ring (bicyclic) bond motifs is 1. The van der Waals surface area contributed by atoms with Crippen LogP contribution in [0, 0.1) is 36.0 Å². The quantitative estimate of drug-likeness (QED) is 0.194. The molecular weight excluding hydrogens is 503 g/mol. The first-order chi connectivity index (χ1) is 17.2. The summed E-state index contributed by atoms with van der Waals surface area (Å²) >= 11 is 1.57. The maximum atomic E-state index is 13.9. The third-order valence-corrected chi connectivity index (χ3v) is 6.33. The normalized spacial score (nSPS) is 11.4. The molecule has 4 aromatic heterocycles. The van der Waals surface area contributed by atoms with Gasteiger partial charge in [-0.2, -0.15) is 10.2 Å². The molecular formula is C23H15F5N6OS. The smallest absolute Gasteiger partial charge is 0.246 e. The van der Waals surface area contributed by atoms with Crippen LogP contribution in [0.25, 0.3) is 21.5 Å². The highest BCUT2D eigenvalue weighted by molar-refractivity contribution is 7.13. The molecule has 1 amide bonds. The fourth-order valence-corrected chi connectivity index (χ4v) is 4.59. The Morgan fingerprint density at radius 2 is 1.78 bits per heavy atom. The van der Waals surface area contributed by atoms with Crippen LogP contribution in [0.15, 0.2) is 42.2 Å². The lowest BCUT2D eigenvalue weighted by Gasteiger charge is -2.08. The second-order valence-electron chi connectivity index (χ2n) is 7.80. The van der Waals surface area contributed by atoms with Crippen molar-refractivity contribution in [1.82, 2.24) is 24.5 Å². The van der Waals surface area contributed by atoms with E-state index in [1.165, 1.54) is 17.1 Å². The number of thiophene rings is 1. The number of aryl methyl sites for hydroxylation is 1. The Bertz CT molecular complexity index is 1580. The summed E-state index contributed by atoms with van der Waals surface area (Å²) in [7, 11) is 0. The maximum absolute atomic E-state index is 13.9. The Labute approximate surface area is 203 Å². The van der Waals surface area contributed by atoms with Crippen molar-refractivity contribution in [3.05, 3.63) is 82.5 Å². The first kappa shape index (κ1) is 23.6. The SMILES string of the molecule is Cc1nn(CC(=O)Nc2cnn(Cc3c(F)c(F)c(F)c(F)c3F)c2)c2nccc(-c3cccs3)c12. The Hall–Kier alpha value is -4.13. The topological polar surface area (TPSA) is 77.6 Å². The number of rotatable bonds is 6. The molecule has 4 heterocycles. The predicted octanol–water partition coefficient (Wildman–Crippen LogP) is 5.05. The highest BCUT2D eigenvalue weighted by Gasteiger charge is 2.26. The number of aromatic nitrogens is 5. The van der Waals surface area contributed by atoms with Gasteiger partial charge >= 0.3 is 0 Å². The van der Waals surface area contributed by atoms with Crippen LogP contribution in [0.2, 0.25) is 0 Å². The lowest BCUT2D eigenvalue weighted by Crippen LogP contribution is -2.19. The summed E-state index contributed by atoms with van der Waals surface area (Å²) in [5.41, 5.74) is 1.29. The molecule has 1 aromatic carbocycles. The van der Waals surface area contributed by atoms with Gasteiger partial charge in [-0.3, -0.25) is 9.48 Å². The van der Waals surface area contributed by atoms with Crippen LogP contribution in [0.4, 0.5) is 27.6 Å². The largest absolute Gasteiger partial charge is 0.322 e. The minimum atomic E-state index is -2.24. The zero-order chi connectivity index (χ0) is 25.6. The molecule has 0 spiro atoms. The molecule has 0 bridgehead atoms. The van der Waals surface area contributed by atoms with E-state index >= 15 is 0 Å². The van der Waals surface area contributed by atoms with Gasteiger partial charge in [0.1, 0.15) is 6.54 Å². The van der Waals surface area contributed by atoms with Gasteiger partial charge in [0, 0.05) is 22.8 Å². The van der Waals surface area contributed by atoms with E-state index in [0.717, 1.165) is 20.5 Å². The Morgan fingerprint density at radius 3 is 2.47 bits per heavy atom. The maximum Gasteiger partial charge on any atom is 0.246 e. The minimum Gasteiger partial charge on any atom is -0.322 e.